The molecule has 1 aromatic carbocycles. The van der Waals surface area contributed by atoms with Gasteiger partial charge < -0.3 is 10.6 Å². The van der Waals surface area contributed by atoms with Gasteiger partial charge in [0.15, 0.2) is 0 Å². The molecule has 9 heteroatoms. The molecule has 0 saturated heterocycles. The van der Waals surface area contributed by atoms with E-state index in [9.17, 15) is 22.4 Å². The molecule has 2 rings (SSSR count). The lowest BCUT2D eigenvalue weighted by molar-refractivity contribution is -0.126. The van der Waals surface area contributed by atoms with E-state index in [4.69, 9.17) is 0 Å². The average molecular weight is 343 g/mol. The van der Waals surface area contributed by atoms with Crippen LogP contribution in [0.2, 0.25) is 0 Å². The molecule has 3 N–H and O–H groups in total. The van der Waals surface area contributed by atoms with Crippen molar-refractivity contribution in [2.75, 3.05) is 6.54 Å². The van der Waals surface area contributed by atoms with Crippen molar-refractivity contribution >= 4 is 21.8 Å². The van der Waals surface area contributed by atoms with Crippen LogP contribution in [0.15, 0.2) is 29.2 Å². The summed E-state index contributed by atoms with van der Waals surface area (Å²) in [5.74, 6) is -1.49. The van der Waals surface area contributed by atoms with E-state index in [0.29, 0.717) is 0 Å². The molecule has 0 unspecified atom stereocenters. The van der Waals surface area contributed by atoms with Crippen molar-refractivity contribution in [2.24, 2.45) is 0 Å². The van der Waals surface area contributed by atoms with Crippen LogP contribution in [0.1, 0.15) is 19.8 Å². The lowest BCUT2D eigenvalue weighted by Crippen LogP contribution is -2.47. The molecule has 0 radical (unpaired) electrons. The molecule has 1 saturated carbocycles. The van der Waals surface area contributed by atoms with Crippen molar-refractivity contribution in [1.82, 2.24) is 15.4 Å². The van der Waals surface area contributed by atoms with Gasteiger partial charge in [-0.3, -0.25) is 9.59 Å². The monoisotopic (exact) mass is 343 g/mol. The number of amides is 2. The molecule has 1 aliphatic rings. The van der Waals surface area contributed by atoms with Crippen LogP contribution in [-0.2, 0) is 19.6 Å². The van der Waals surface area contributed by atoms with Crippen LogP contribution >= 0.6 is 0 Å². The van der Waals surface area contributed by atoms with E-state index in [1.165, 1.54) is 6.92 Å². The fourth-order valence-corrected chi connectivity index (χ4v) is 3.00. The zero-order valence-corrected chi connectivity index (χ0v) is 13.3. The van der Waals surface area contributed by atoms with Crippen molar-refractivity contribution in [2.45, 2.75) is 36.7 Å². The van der Waals surface area contributed by atoms with E-state index in [2.05, 4.69) is 15.4 Å². The van der Waals surface area contributed by atoms with Crippen LogP contribution in [0.4, 0.5) is 4.39 Å². The van der Waals surface area contributed by atoms with Crippen molar-refractivity contribution in [3.05, 3.63) is 30.1 Å². The highest BCUT2D eigenvalue weighted by atomic mass is 32.2. The molecule has 23 heavy (non-hydrogen) atoms. The zero-order valence-electron chi connectivity index (χ0n) is 12.5. The fraction of sp³-hybridized carbons (Fsp3) is 0.429. The normalized spacial score (nSPS) is 15.7. The van der Waals surface area contributed by atoms with Gasteiger partial charge in [0.1, 0.15) is 5.82 Å². The van der Waals surface area contributed by atoms with E-state index in [1.807, 2.05) is 0 Å². The van der Waals surface area contributed by atoms with E-state index >= 15 is 0 Å². The summed E-state index contributed by atoms with van der Waals surface area (Å²) in [6, 6.07) is 3.35. The lowest BCUT2D eigenvalue weighted by Gasteiger charge is -2.14. The standard InChI is InChI=1S/C14H18FN3O4S/c1-9(14(20)16-8-13(19)17-11-4-5-11)18-23(21,22)12-6-2-10(15)3-7-12/h2-3,6-7,9,11,18H,4-5,8H2,1H3,(H,16,20)(H,17,19)/t9-/m0/s1. The predicted octanol–water partition coefficient (Wildman–Crippen LogP) is -0.113. The molecule has 1 aromatic rings. The van der Waals surface area contributed by atoms with E-state index in [0.717, 1.165) is 37.1 Å². The Morgan fingerprint density at radius 3 is 2.43 bits per heavy atom. The van der Waals surface area contributed by atoms with Gasteiger partial charge in [-0.2, -0.15) is 4.72 Å². The van der Waals surface area contributed by atoms with Crippen LogP contribution in [0.5, 0.6) is 0 Å². The Morgan fingerprint density at radius 1 is 1.26 bits per heavy atom. The summed E-state index contributed by atoms with van der Waals surface area (Å²) in [6.07, 6.45) is 1.88. The van der Waals surface area contributed by atoms with Gasteiger partial charge in [-0.15, -0.1) is 0 Å². The third-order valence-electron chi connectivity index (χ3n) is 3.21. The maximum absolute atomic E-state index is 12.8. The zero-order chi connectivity index (χ0) is 17.0. The van der Waals surface area contributed by atoms with Gasteiger partial charge in [0.25, 0.3) is 0 Å². The minimum absolute atomic E-state index is 0.148. The number of hydrogen-bond acceptors (Lipinski definition) is 4. The van der Waals surface area contributed by atoms with Crippen LogP contribution in [0.3, 0.4) is 0 Å². The minimum atomic E-state index is -3.95. The van der Waals surface area contributed by atoms with Gasteiger partial charge in [-0.05, 0) is 44.0 Å². The summed E-state index contributed by atoms with van der Waals surface area (Å²) >= 11 is 0. The number of benzene rings is 1. The SMILES string of the molecule is C[C@H](NS(=O)(=O)c1ccc(F)cc1)C(=O)NCC(=O)NC1CC1. The van der Waals surface area contributed by atoms with Gasteiger partial charge in [0, 0.05) is 6.04 Å². The summed E-state index contributed by atoms with van der Waals surface area (Å²) in [6.45, 7) is 1.15. The summed E-state index contributed by atoms with van der Waals surface area (Å²) in [5, 5.41) is 5.06. The lowest BCUT2D eigenvalue weighted by atomic mass is 10.3. The first kappa shape index (κ1) is 17.4. The second-order valence-electron chi connectivity index (χ2n) is 5.36. The molecule has 0 aliphatic heterocycles. The van der Waals surface area contributed by atoms with Crippen molar-refractivity contribution in [1.29, 1.82) is 0 Å². The molecule has 0 aromatic heterocycles. The Kier molecular flexibility index (Phi) is 5.32. The first-order valence-electron chi connectivity index (χ1n) is 7.13. The highest BCUT2D eigenvalue weighted by molar-refractivity contribution is 7.89. The maximum atomic E-state index is 12.8. The molecule has 126 valence electrons. The number of halogens is 1. The van der Waals surface area contributed by atoms with Gasteiger partial charge in [-0.25, -0.2) is 12.8 Å². The summed E-state index contributed by atoms with van der Waals surface area (Å²) in [7, 11) is -3.95. The minimum Gasteiger partial charge on any atom is -0.352 e. The van der Waals surface area contributed by atoms with Crippen LogP contribution in [-0.4, -0.2) is 38.9 Å². The Bertz CT molecular complexity index is 686. The first-order valence-corrected chi connectivity index (χ1v) is 8.61. The highest BCUT2D eigenvalue weighted by Gasteiger charge is 2.25. The van der Waals surface area contributed by atoms with E-state index in [1.54, 1.807) is 0 Å². The van der Waals surface area contributed by atoms with Crippen molar-refractivity contribution in [3.63, 3.8) is 0 Å². The van der Waals surface area contributed by atoms with Crippen LogP contribution < -0.4 is 15.4 Å². The number of rotatable bonds is 7. The van der Waals surface area contributed by atoms with Gasteiger partial charge in [0.05, 0.1) is 17.5 Å². The van der Waals surface area contributed by atoms with Crippen LogP contribution in [0.25, 0.3) is 0 Å². The molecule has 0 spiro atoms. The Morgan fingerprint density at radius 2 is 1.87 bits per heavy atom. The van der Waals surface area contributed by atoms with E-state index in [-0.39, 0.29) is 23.4 Å². The average Bonchev–Trinajstić information content (AvgIpc) is 3.28. The number of hydrogen-bond donors (Lipinski definition) is 3. The third-order valence-corrected chi connectivity index (χ3v) is 4.77. The Balaban J connectivity index is 1.86. The van der Waals surface area contributed by atoms with Crippen LogP contribution in [0, 0.1) is 5.82 Å². The number of carbonyl (C=O) groups is 2. The molecule has 7 nitrogen and oxygen atoms in total. The van der Waals surface area contributed by atoms with Gasteiger partial charge >= 0.3 is 0 Å². The molecular formula is C14H18FN3O4S. The molecule has 1 aliphatic carbocycles. The second-order valence-corrected chi connectivity index (χ2v) is 7.07. The van der Waals surface area contributed by atoms with E-state index < -0.39 is 27.8 Å². The number of sulfonamides is 1. The molecule has 0 bridgehead atoms. The maximum Gasteiger partial charge on any atom is 0.241 e. The third kappa shape index (κ3) is 5.29. The topological polar surface area (TPSA) is 104 Å². The van der Waals surface area contributed by atoms with Crippen molar-refractivity contribution < 1.29 is 22.4 Å². The Hall–Kier alpha value is -2.00. The summed E-state index contributed by atoms with van der Waals surface area (Å²) in [4.78, 5) is 23.1. The predicted molar refractivity (Wildman–Crippen MR) is 80.4 cm³/mol. The van der Waals surface area contributed by atoms with Crippen molar-refractivity contribution in [3.8, 4) is 0 Å². The summed E-state index contributed by atoms with van der Waals surface area (Å²) in [5.41, 5.74) is 0. The van der Waals surface area contributed by atoms with Gasteiger partial charge in [-0.1, -0.05) is 0 Å². The summed E-state index contributed by atoms with van der Waals surface area (Å²) < 4.78 is 39.1. The van der Waals surface area contributed by atoms with Gasteiger partial charge in [0.2, 0.25) is 21.8 Å². The number of nitrogens with one attached hydrogen (secondary N) is 3. The number of carbonyl (C=O) groups excluding carboxylic acids is 2. The molecule has 1 fully saturated rings. The smallest absolute Gasteiger partial charge is 0.241 e. The molecular weight excluding hydrogens is 325 g/mol. The fourth-order valence-electron chi connectivity index (χ4n) is 1.79. The second kappa shape index (κ2) is 7.05. The molecule has 2 amide bonds. The largest absolute Gasteiger partial charge is 0.352 e. The molecule has 0 heterocycles. The Labute approximate surface area is 133 Å². The highest BCUT2D eigenvalue weighted by Crippen LogP contribution is 2.18. The quantitative estimate of drug-likeness (QED) is 0.642. The molecule has 1 atom stereocenters. The first-order chi connectivity index (χ1) is 10.8.